The second-order valence-electron chi connectivity index (χ2n) is 4.45. The lowest BCUT2D eigenvalue weighted by Crippen LogP contribution is -2.50. The van der Waals surface area contributed by atoms with Gasteiger partial charge in [-0.15, -0.1) is 0 Å². The molecule has 0 aromatic heterocycles. The molecule has 0 bridgehead atoms. The first-order valence-corrected chi connectivity index (χ1v) is 6.10. The normalized spacial score (nSPS) is 23.4. The summed E-state index contributed by atoms with van der Waals surface area (Å²) in [6.45, 7) is 1.50. The van der Waals surface area contributed by atoms with Crippen LogP contribution in [-0.4, -0.2) is 36.4 Å². The fraction of sp³-hybridized carbons (Fsp3) is 0.462. The quantitative estimate of drug-likeness (QED) is 0.736. The number of rotatable bonds is 3. The highest BCUT2D eigenvalue weighted by atomic mass is 16.5. The molecule has 18 heavy (non-hydrogen) atoms. The van der Waals surface area contributed by atoms with E-state index >= 15 is 0 Å². The van der Waals surface area contributed by atoms with E-state index in [0.717, 1.165) is 5.56 Å². The minimum atomic E-state index is -0.445. The number of ether oxygens (including phenoxy) is 1. The zero-order chi connectivity index (χ0) is 12.8. The van der Waals surface area contributed by atoms with Gasteiger partial charge in [0.2, 0.25) is 0 Å². The molecule has 1 aliphatic rings. The van der Waals surface area contributed by atoms with E-state index in [4.69, 9.17) is 4.74 Å². The third-order valence-corrected chi connectivity index (χ3v) is 2.86. The first kappa shape index (κ1) is 12.9. The van der Waals surface area contributed by atoms with Crippen molar-refractivity contribution in [2.75, 3.05) is 13.1 Å². The topological polar surface area (TPSA) is 70.6 Å². The van der Waals surface area contributed by atoms with Crippen LogP contribution in [0.4, 0.5) is 4.79 Å². The molecule has 2 rings (SSSR count). The Bertz CT molecular complexity index is 383. The van der Waals surface area contributed by atoms with Crippen LogP contribution in [0.25, 0.3) is 0 Å². The van der Waals surface area contributed by atoms with Crippen LogP contribution >= 0.6 is 0 Å². The number of alkyl carbamates (subject to hydrolysis) is 1. The Labute approximate surface area is 106 Å². The third-order valence-electron chi connectivity index (χ3n) is 2.86. The van der Waals surface area contributed by atoms with Crippen molar-refractivity contribution in [1.82, 2.24) is 10.6 Å². The van der Waals surface area contributed by atoms with Crippen LogP contribution in [-0.2, 0) is 11.3 Å². The molecule has 0 spiro atoms. The number of hydrogen-bond donors (Lipinski definition) is 3. The van der Waals surface area contributed by atoms with Crippen LogP contribution in [0.2, 0.25) is 0 Å². The van der Waals surface area contributed by atoms with Crippen molar-refractivity contribution in [3.05, 3.63) is 35.9 Å². The zero-order valence-corrected chi connectivity index (χ0v) is 10.1. The number of β-amino-alcohol motifs (C(OH)–C–C–N with tert-alkyl or cyclic N) is 1. The SMILES string of the molecule is O=C(N[C@@H]1CNC[C@@H](O)C1)OCc1ccccc1. The molecule has 1 heterocycles. The van der Waals surface area contributed by atoms with Crippen molar-refractivity contribution in [1.29, 1.82) is 0 Å². The van der Waals surface area contributed by atoms with E-state index in [1.54, 1.807) is 0 Å². The second-order valence-corrected chi connectivity index (χ2v) is 4.45. The molecular formula is C13H18N2O3. The average molecular weight is 250 g/mol. The Morgan fingerprint density at radius 2 is 2.17 bits per heavy atom. The monoisotopic (exact) mass is 250 g/mol. The molecule has 1 fully saturated rings. The molecule has 5 nitrogen and oxygen atoms in total. The van der Waals surface area contributed by atoms with E-state index in [1.807, 2.05) is 30.3 Å². The first-order chi connectivity index (χ1) is 8.74. The lowest BCUT2D eigenvalue weighted by molar-refractivity contribution is 0.108. The number of carbonyl (C=O) groups is 1. The molecule has 1 saturated heterocycles. The van der Waals surface area contributed by atoms with E-state index in [0.29, 0.717) is 19.5 Å². The first-order valence-electron chi connectivity index (χ1n) is 6.10. The number of nitrogens with one attached hydrogen (secondary N) is 2. The Kier molecular flexibility index (Phi) is 4.55. The Hall–Kier alpha value is -1.59. The lowest BCUT2D eigenvalue weighted by Gasteiger charge is -2.27. The minimum absolute atomic E-state index is 0.0722. The number of aliphatic hydroxyl groups excluding tert-OH is 1. The largest absolute Gasteiger partial charge is 0.445 e. The van der Waals surface area contributed by atoms with Gasteiger partial charge in [-0.1, -0.05) is 30.3 Å². The van der Waals surface area contributed by atoms with Gasteiger partial charge in [0.05, 0.1) is 6.10 Å². The molecule has 98 valence electrons. The summed E-state index contributed by atoms with van der Waals surface area (Å²) in [6, 6.07) is 9.45. The molecular weight excluding hydrogens is 232 g/mol. The van der Waals surface area contributed by atoms with E-state index in [2.05, 4.69) is 10.6 Å². The van der Waals surface area contributed by atoms with Crippen molar-refractivity contribution in [3.8, 4) is 0 Å². The molecule has 2 atom stereocenters. The van der Waals surface area contributed by atoms with E-state index < -0.39 is 12.2 Å². The molecule has 1 aromatic rings. The van der Waals surface area contributed by atoms with Gasteiger partial charge >= 0.3 is 6.09 Å². The molecule has 0 aliphatic carbocycles. The van der Waals surface area contributed by atoms with Gasteiger partial charge in [0.25, 0.3) is 0 Å². The number of aliphatic hydroxyl groups is 1. The number of amides is 1. The van der Waals surface area contributed by atoms with Crippen molar-refractivity contribution >= 4 is 6.09 Å². The summed E-state index contributed by atoms with van der Waals surface area (Å²) in [5.41, 5.74) is 0.953. The van der Waals surface area contributed by atoms with Crippen LogP contribution in [0.3, 0.4) is 0 Å². The summed E-state index contributed by atoms with van der Waals surface area (Å²) in [4.78, 5) is 11.5. The molecule has 1 aliphatic heterocycles. The molecule has 1 amide bonds. The summed E-state index contributed by atoms with van der Waals surface area (Å²) < 4.78 is 5.11. The van der Waals surface area contributed by atoms with Crippen LogP contribution in [0, 0.1) is 0 Å². The van der Waals surface area contributed by atoms with Gasteiger partial charge in [-0.2, -0.15) is 0 Å². The van der Waals surface area contributed by atoms with Crippen LogP contribution in [0.15, 0.2) is 30.3 Å². The van der Waals surface area contributed by atoms with Gasteiger partial charge in [0.15, 0.2) is 0 Å². The van der Waals surface area contributed by atoms with Crippen LogP contribution in [0.1, 0.15) is 12.0 Å². The maximum absolute atomic E-state index is 11.5. The fourth-order valence-corrected chi connectivity index (χ4v) is 1.96. The van der Waals surface area contributed by atoms with Gasteiger partial charge < -0.3 is 20.5 Å². The maximum Gasteiger partial charge on any atom is 0.407 e. The van der Waals surface area contributed by atoms with Gasteiger partial charge in [0.1, 0.15) is 6.61 Å². The van der Waals surface area contributed by atoms with Gasteiger partial charge in [-0.25, -0.2) is 4.79 Å². The Morgan fingerprint density at radius 1 is 1.39 bits per heavy atom. The predicted molar refractivity (Wildman–Crippen MR) is 67.0 cm³/mol. The summed E-state index contributed by atoms with van der Waals surface area (Å²) in [5, 5.41) is 15.2. The van der Waals surface area contributed by atoms with Crippen molar-refractivity contribution in [2.45, 2.75) is 25.2 Å². The molecule has 0 radical (unpaired) electrons. The summed E-state index contributed by atoms with van der Waals surface area (Å²) in [7, 11) is 0. The summed E-state index contributed by atoms with van der Waals surface area (Å²) in [6.07, 6.45) is -0.286. The zero-order valence-electron chi connectivity index (χ0n) is 10.1. The third kappa shape index (κ3) is 4.01. The number of benzene rings is 1. The van der Waals surface area contributed by atoms with Crippen molar-refractivity contribution in [3.63, 3.8) is 0 Å². The van der Waals surface area contributed by atoms with E-state index in [1.165, 1.54) is 0 Å². The lowest BCUT2D eigenvalue weighted by atomic mass is 10.1. The average Bonchev–Trinajstić information content (AvgIpc) is 2.38. The highest BCUT2D eigenvalue weighted by molar-refractivity contribution is 5.67. The highest BCUT2D eigenvalue weighted by Crippen LogP contribution is 2.04. The molecule has 5 heteroatoms. The number of carbonyl (C=O) groups excluding carboxylic acids is 1. The molecule has 1 aromatic carbocycles. The summed E-state index contributed by atoms with van der Waals surface area (Å²) in [5.74, 6) is 0. The van der Waals surface area contributed by atoms with Gasteiger partial charge in [-0.3, -0.25) is 0 Å². The van der Waals surface area contributed by atoms with Gasteiger partial charge in [0, 0.05) is 19.1 Å². The Morgan fingerprint density at radius 3 is 2.89 bits per heavy atom. The minimum Gasteiger partial charge on any atom is -0.445 e. The smallest absolute Gasteiger partial charge is 0.407 e. The number of piperidine rings is 1. The van der Waals surface area contributed by atoms with E-state index in [-0.39, 0.29) is 12.6 Å². The second kappa shape index (κ2) is 6.37. The standard InChI is InChI=1S/C13H18N2O3/c16-12-6-11(7-14-8-12)15-13(17)18-9-10-4-2-1-3-5-10/h1-5,11-12,14,16H,6-9H2,(H,15,17)/t11-,12-/m0/s1. The van der Waals surface area contributed by atoms with Gasteiger partial charge in [-0.05, 0) is 12.0 Å². The molecule has 0 unspecified atom stereocenters. The van der Waals surface area contributed by atoms with Crippen molar-refractivity contribution in [2.24, 2.45) is 0 Å². The fourth-order valence-electron chi connectivity index (χ4n) is 1.96. The number of hydrogen-bond acceptors (Lipinski definition) is 4. The van der Waals surface area contributed by atoms with E-state index in [9.17, 15) is 9.90 Å². The predicted octanol–water partition coefficient (Wildman–Crippen LogP) is 0.636. The highest BCUT2D eigenvalue weighted by Gasteiger charge is 2.21. The maximum atomic E-state index is 11.5. The molecule has 0 saturated carbocycles. The van der Waals surface area contributed by atoms with Crippen LogP contribution < -0.4 is 10.6 Å². The Balaban J connectivity index is 1.72. The van der Waals surface area contributed by atoms with Crippen molar-refractivity contribution < 1.29 is 14.6 Å². The summed E-state index contributed by atoms with van der Waals surface area (Å²) >= 11 is 0. The molecule has 3 N–H and O–H groups in total. The van der Waals surface area contributed by atoms with Crippen LogP contribution in [0.5, 0.6) is 0 Å².